The van der Waals surface area contributed by atoms with Crippen molar-refractivity contribution in [2.24, 2.45) is 0 Å². The van der Waals surface area contributed by atoms with Gasteiger partial charge in [0.25, 0.3) is 0 Å². The van der Waals surface area contributed by atoms with Gasteiger partial charge >= 0.3 is 6.03 Å². The summed E-state index contributed by atoms with van der Waals surface area (Å²) in [7, 11) is 0. The molecule has 0 atom stereocenters. The summed E-state index contributed by atoms with van der Waals surface area (Å²) in [5.74, 6) is 1.24. The molecule has 2 aromatic rings. The van der Waals surface area contributed by atoms with Gasteiger partial charge in [-0.1, -0.05) is 23.1 Å². The van der Waals surface area contributed by atoms with Gasteiger partial charge in [0, 0.05) is 17.3 Å². The molecule has 3 amide bonds. The number of nitrogens with zero attached hydrogens (tertiary/aromatic N) is 2. The van der Waals surface area contributed by atoms with Gasteiger partial charge in [-0.05, 0) is 32.9 Å². The van der Waals surface area contributed by atoms with Crippen LogP contribution in [0.1, 0.15) is 20.8 Å². The first kappa shape index (κ1) is 19.2. The molecule has 1 aliphatic heterocycles. The summed E-state index contributed by atoms with van der Waals surface area (Å²) < 4.78 is 11.1. The average molecular weight is 409 g/mol. The molecule has 0 radical (unpaired) electrons. The number of carbonyl (C=O) groups excluding carboxylic acids is 2. The molecule has 0 bridgehead atoms. The van der Waals surface area contributed by atoms with Crippen LogP contribution in [-0.4, -0.2) is 40.2 Å². The van der Waals surface area contributed by atoms with Crippen molar-refractivity contribution in [2.75, 3.05) is 23.2 Å². The van der Waals surface area contributed by atoms with Crippen LogP contribution in [0.2, 0.25) is 0 Å². The van der Waals surface area contributed by atoms with Crippen LogP contribution in [0.25, 0.3) is 0 Å². The van der Waals surface area contributed by atoms with E-state index in [1.807, 2.05) is 20.8 Å². The molecule has 1 aliphatic rings. The predicted molar refractivity (Wildman–Crippen MR) is 104 cm³/mol. The van der Waals surface area contributed by atoms with Crippen LogP contribution < -0.4 is 25.4 Å². The molecule has 144 valence electrons. The van der Waals surface area contributed by atoms with Crippen LogP contribution >= 0.6 is 23.1 Å². The van der Waals surface area contributed by atoms with E-state index >= 15 is 0 Å². The molecular formula is C16H19N5O4S2. The Bertz CT molecular complexity index is 850. The molecule has 3 rings (SSSR count). The maximum atomic E-state index is 12.1. The van der Waals surface area contributed by atoms with Gasteiger partial charge < -0.3 is 20.1 Å². The van der Waals surface area contributed by atoms with E-state index in [4.69, 9.17) is 9.47 Å². The third kappa shape index (κ3) is 5.73. The zero-order valence-corrected chi connectivity index (χ0v) is 16.6. The Morgan fingerprint density at radius 1 is 1.19 bits per heavy atom. The monoisotopic (exact) mass is 409 g/mol. The van der Waals surface area contributed by atoms with Gasteiger partial charge in [0.1, 0.15) is 0 Å². The Morgan fingerprint density at radius 2 is 1.96 bits per heavy atom. The second-order valence-corrected chi connectivity index (χ2v) is 8.81. The number of nitrogens with one attached hydrogen (secondary N) is 3. The quantitative estimate of drug-likeness (QED) is 0.514. The summed E-state index contributed by atoms with van der Waals surface area (Å²) in [6.45, 7) is 5.83. The molecule has 3 N–H and O–H groups in total. The second kappa shape index (κ2) is 8.01. The zero-order chi connectivity index (χ0) is 19.4. The van der Waals surface area contributed by atoms with Gasteiger partial charge in [-0.3, -0.25) is 10.1 Å². The second-order valence-electron chi connectivity index (χ2n) is 6.61. The number of fused-ring (bicyclic) bond motifs is 1. The van der Waals surface area contributed by atoms with Crippen molar-refractivity contribution in [3.63, 3.8) is 0 Å². The van der Waals surface area contributed by atoms with Crippen molar-refractivity contribution >= 4 is 45.9 Å². The molecule has 0 fully saturated rings. The summed E-state index contributed by atoms with van der Waals surface area (Å²) in [6.07, 6.45) is 0. The number of anilines is 2. The van der Waals surface area contributed by atoms with Gasteiger partial charge in [0.15, 0.2) is 15.8 Å². The molecule has 1 aromatic heterocycles. The van der Waals surface area contributed by atoms with Gasteiger partial charge in [0.05, 0.1) is 5.75 Å². The number of rotatable bonds is 5. The normalized spacial score (nSPS) is 12.6. The number of benzene rings is 1. The Labute approximate surface area is 164 Å². The lowest BCUT2D eigenvalue weighted by molar-refractivity contribution is -0.113. The van der Waals surface area contributed by atoms with Gasteiger partial charge in [-0.25, -0.2) is 4.79 Å². The molecule has 11 heteroatoms. The highest BCUT2D eigenvalue weighted by Crippen LogP contribution is 2.34. The minimum absolute atomic E-state index is 0.164. The van der Waals surface area contributed by atoms with Crippen LogP contribution in [0.5, 0.6) is 11.5 Å². The van der Waals surface area contributed by atoms with Crippen LogP contribution in [0.15, 0.2) is 22.5 Å². The van der Waals surface area contributed by atoms with Gasteiger partial charge in [-0.15, -0.1) is 10.2 Å². The number of aromatic nitrogens is 2. The van der Waals surface area contributed by atoms with Crippen molar-refractivity contribution in [1.29, 1.82) is 0 Å². The van der Waals surface area contributed by atoms with E-state index in [0.717, 1.165) is 0 Å². The van der Waals surface area contributed by atoms with E-state index in [9.17, 15) is 9.59 Å². The maximum absolute atomic E-state index is 12.1. The summed E-state index contributed by atoms with van der Waals surface area (Å²) in [5, 5.41) is 16.4. The van der Waals surface area contributed by atoms with Crippen molar-refractivity contribution in [3.8, 4) is 11.5 Å². The number of hydrogen-bond acceptors (Lipinski definition) is 8. The average Bonchev–Trinajstić information content (AvgIpc) is 3.19. The lowest BCUT2D eigenvalue weighted by Gasteiger charge is -2.19. The third-order valence-corrected chi connectivity index (χ3v) is 5.07. The number of urea groups is 1. The third-order valence-electron chi connectivity index (χ3n) is 3.10. The largest absolute Gasteiger partial charge is 0.454 e. The first-order valence-corrected chi connectivity index (χ1v) is 9.84. The molecule has 9 nitrogen and oxygen atoms in total. The van der Waals surface area contributed by atoms with Crippen molar-refractivity contribution in [3.05, 3.63) is 18.2 Å². The lowest BCUT2D eigenvalue weighted by Crippen LogP contribution is -2.43. The number of carbonyl (C=O) groups is 2. The van der Waals surface area contributed by atoms with E-state index in [2.05, 4.69) is 26.1 Å². The zero-order valence-electron chi connectivity index (χ0n) is 15.0. The minimum atomic E-state index is -0.351. The van der Waals surface area contributed by atoms with E-state index < -0.39 is 0 Å². The fourth-order valence-corrected chi connectivity index (χ4v) is 3.63. The molecule has 27 heavy (non-hydrogen) atoms. The molecule has 0 saturated heterocycles. The maximum Gasteiger partial charge on any atom is 0.321 e. The van der Waals surface area contributed by atoms with Crippen LogP contribution in [-0.2, 0) is 4.79 Å². The number of thioether (sulfide) groups is 1. The number of hydrogen-bond donors (Lipinski definition) is 3. The number of amides is 3. The predicted octanol–water partition coefficient (Wildman–Crippen LogP) is 2.92. The van der Waals surface area contributed by atoms with Gasteiger partial charge in [-0.2, -0.15) is 0 Å². The highest BCUT2D eigenvalue weighted by atomic mass is 32.2. The van der Waals surface area contributed by atoms with Crippen molar-refractivity contribution in [1.82, 2.24) is 15.5 Å². The molecule has 0 saturated carbocycles. The smallest absolute Gasteiger partial charge is 0.321 e. The topological polar surface area (TPSA) is 114 Å². The van der Waals surface area contributed by atoms with E-state index in [1.165, 1.54) is 23.1 Å². The molecule has 2 heterocycles. The Morgan fingerprint density at radius 3 is 2.74 bits per heavy atom. The summed E-state index contributed by atoms with van der Waals surface area (Å²) >= 11 is 2.44. The first-order chi connectivity index (χ1) is 12.8. The first-order valence-electron chi connectivity index (χ1n) is 8.03. The summed E-state index contributed by atoms with van der Waals surface area (Å²) in [5.41, 5.74) is 0.280. The van der Waals surface area contributed by atoms with E-state index in [1.54, 1.807) is 18.2 Å². The molecule has 0 spiro atoms. The summed E-state index contributed by atoms with van der Waals surface area (Å²) in [6, 6.07) is 4.86. The van der Waals surface area contributed by atoms with Gasteiger partial charge in [0.2, 0.25) is 17.8 Å². The lowest BCUT2D eigenvalue weighted by atomic mass is 10.1. The highest BCUT2D eigenvalue weighted by molar-refractivity contribution is 8.01. The Balaban J connectivity index is 1.47. The Kier molecular flexibility index (Phi) is 5.71. The molecule has 0 unspecified atom stereocenters. The molecular weight excluding hydrogens is 390 g/mol. The van der Waals surface area contributed by atoms with E-state index in [-0.39, 0.29) is 30.0 Å². The molecule has 1 aromatic carbocycles. The molecule has 0 aliphatic carbocycles. The SMILES string of the molecule is CC(C)(C)NC(=O)Nc1nnc(SCC(=O)Nc2ccc3c(c2)OCO3)s1. The van der Waals surface area contributed by atoms with Crippen LogP contribution in [0.3, 0.4) is 0 Å². The van der Waals surface area contributed by atoms with Crippen molar-refractivity contribution < 1.29 is 19.1 Å². The fourth-order valence-electron chi connectivity index (χ4n) is 2.09. The van der Waals surface area contributed by atoms with Crippen molar-refractivity contribution in [2.45, 2.75) is 30.6 Å². The van der Waals surface area contributed by atoms with E-state index in [0.29, 0.717) is 26.7 Å². The summed E-state index contributed by atoms with van der Waals surface area (Å²) in [4.78, 5) is 23.9. The minimum Gasteiger partial charge on any atom is -0.454 e. The van der Waals surface area contributed by atoms with Crippen LogP contribution in [0.4, 0.5) is 15.6 Å². The Hall–Kier alpha value is -2.53. The highest BCUT2D eigenvalue weighted by Gasteiger charge is 2.17. The fraction of sp³-hybridized carbons (Fsp3) is 0.375. The van der Waals surface area contributed by atoms with Crippen LogP contribution in [0, 0.1) is 0 Å². The standard InChI is InChI=1S/C16H19N5O4S2/c1-16(2,3)19-13(23)18-14-20-21-15(27-14)26-7-12(22)17-9-4-5-10-11(6-9)25-8-24-10/h4-6H,7-8H2,1-3H3,(H,17,22)(H2,18,19,20,23). The number of ether oxygens (including phenoxy) is 2.